The first-order chi connectivity index (χ1) is 16.4. The summed E-state index contributed by atoms with van der Waals surface area (Å²) in [6.45, 7) is 14.5. The third kappa shape index (κ3) is 10.3. The highest BCUT2D eigenvalue weighted by molar-refractivity contribution is 5.94. The molecule has 8 heteroatoms. The first-order valence-electron chi connectivity index (χ1n) is 12.2. The zero-order chi connectivity index (χ0) is 24.8. The minimum atomic E-state index is -0.112. The van der Waals surface area contributed by atoms with E-state index >= 15 is 0 Å². The molecule has 1 unspecified atom stereocenters. The Labute approximate surface area is 203 Å². The number of nitrogens with one attached hydrogen (secondary N) is 1. The highest BCUT2D eigenvalue weighted by Crippen LogP contribution is 2.20. The van der Waals surface area contributed by atoms with E-state index in [9.17, 15) is 4.79 Å². The average molecular weight is 476 g/mol. The van der Waals surface area contributed by atoms with Gasteiger partial charge in [-0.2, -0.15) is 5.10 Å². The Hall–Kier alpha value is -2.26. The van der Waals surface area contributed by atoms with Crippen molar-refractivity contribution in [2.75, 3.05) is 52.8 Å². The standard InChI is InChI=1S/C26H41N3O5/c1-20(2)25-18-28-29(19-25)22(5)23-6-8-24(9-7-23)26(30)27-10-11-31-12-13-32-14-15-33-16-17-34-21(3)4/h6-9,18-22H,10-17H2,1-5H3,(H,27,30). The van der Waals surface area contributed by atoms with Gasteiger partial charge in [0.1, 0.15) is 0 Å². The first kappa shape index (κ1) is 28.0. The van der Waals surface area contributed by atoms with Crippen molar-refractivity contribution in [1.29, 1.82) is 0 Å². The lowest BCUT2D eigenvalue weighted by molar-refractivity contribution is -0.0114. The van der Waals surface area contributed by atoms with Gasteiger partial charge in [-0.3, -0.25) is 9.48 Å². The average Bonchev–Trinajstić information content (AvgIpc) is 3.32. The zero-order valence-electron chi connectivity index (χ0n) is 21.3. The molecule has 0 bridgehead atoms. The number of amides is 1. The highest BCUT2D eigenvalue weighted by atomic mass is 16.6. The number of carbonyl (C=O) groups excluding carboxylic acids is 1. The Kier molecular flexibility index (Phi) is 12.8. The topological polar surface area (TPSA) is 83.8 Å². The van der Waals surface area contributed by atoms with Gasteiger partial charge in [-0.05, 0) is 49.9 Å². The smallest absolute Gasteiger partial charge is 0.251 e. The lowest BCUT2D eigenvalue weighted by Crippen LogP contribution is -2.27. The lowest BCUT2D eigenvalue weighted by Gasteiger charge is -2.13. The van der Waals surface area contributed by atoms with Crippen LogP contribution < -0.4 is 5.32 Å². The predicted octanol–water partition coefficient (Wildman–Crippen LogP) is 3.82. The van der Waals surface area contributed by atoms with Crippen molar-refractivity contribution in [3.63, 3.8) is 0 Å². The fraction of sp³-hybridized carbons (Fsp3) is 0.615. The van der Waals surface area contributed by atoms with E-state index < -0.39 is 0 Å². The summed E-state index contributed by atoms with van der Waals surface area (Å²) in [6.07, 6.45) is 4.22. The van der Waals surface area contributed by atoms with Gasteiger partial charge < -0.3 is 24.3 Å². The maximum absolute atomic E-state index is 12.4. The quantitative estimate of drug-likeness (QED) is 0.350. The third-order valence-corrected chi connectivity index (χ3v) is 5.30. The van der Waals surface area contributed by atoms with Gasteiger partial charge >= 0.3 is 0 Å². The summed E-state index contributed by atoms with van der Waals surface area (Å²) in [5.41, 5.74) is 2.95. The van der Waals surface area contributed by atoms with Gasteiger partial charge in [0.25, 0.3) is 5.91 Å². The molecule has 0 aliphatic heterocycles. The van der Waals surface area contributed by atoms with Crippen LogP contribution in [0, 0.1) is 0 Å². The molecular weight excluding hydrogens is 434 g/mol. The van der Waals surface area contributed by atoms with Gasteiger partial charge in [-0.25, -0.2) is 0 Å². The van der Waals surface area contributed by atoms with Gasteiger partial charge in [-0.15, -0.1) is 0 Å². The maximum atomic E-state index is 12.4. The fourth-order valence-electron chi connectivity index (χ4n) is 3.15. The molecule has 2 rings (SSSR count). The number of rotatable bonds is 17. The Balaban J connectivity index is 1.55. The normalized spacial score (nSPS) is 12.4. The molecule has 1 N–H and O–H groups in total. The zero-order valence-corrected chi connectivity index (χ0v) is 21.3. The monoisotopic (exact) mass is 475 g/mol. The number of carbonyl (C=O) groups is 1. The molecule has 1 aromatic carbocycles. The van der Waals surface area contributed by atoms with Gasteiger partial charge in [0.05, 0.1) is 64.6 Å². The van der Waals surface area contributed by atoms with E-state index in [1.165, 1.54) is 5.56 Å². The number of hydrogen-bond donors (Lipinski definition) is 1. The first-order valence-corrected chi connectivity index (χ1v) is 12.2. The van der Waals surface area contributed by atoms with Crippen LogP contribution in [0.2, 0.25) is 0 Å². The Bertz CT molecular complexity index is 820. The molecule has 1 atom stereocenters. The molecule has 1 heterocycles. The van der Waals surface area contributed by atoms with E-state index in [1.807, 2.05) is 49.0 Å². The summed E-state index contributed by atoms with van der Waals surface area (Å²) in [7, 11) is 0. The van der Waals surface area contributed by atoms with Gasteiger partial charge in [0.2, 0.25) is 0 Å². The second-order valence-electron chi connectivity index (χ2n) is 8.72. The SMILES string of the molecule is CC(C)OCCOCCOCCOCCNC(=O)c1ccc(C(C)n2cc(C(C)C)cn2)cc1. The molecule has 0 aliphatic rings. The minimum absolute atomic E-state index is 0.102. The number of nitrogens with zero attached hydrogens (tertiary/aromatic N) is 2. The van der Waals surface area contributed by atoms with E-state index in [1.54, 1.807) is 0 Å². The van der Waals surface area contributed by atoms with Crippen molar-refractivity contribution in [1.82, 2.24) is 15.1 Å². The Morgan fingerprint density at radius 1 is 0.853 bits per heavy atom. The molecule has 1 amide bonds. The molecular formula is C26H41N3O5. The van der Waals surface area contributed by atoms with Crippen molar-refractivity contribution in [2.45, 2.75) is 52.7 Å². The second kappa shape index (κ2) is 15.6. The van der Waals surface area contributed by atoms with Gasteiger partial charge in [-0.1, -0.05) is 26.0 Å². The Morgan fingerprint density at radius 3 is 2.00 bits per heavy atom. The molecule has 0 spiro atoms. The van der Waals surface area contributed by atoms with Crippen LogP contribution in [0.4, 0.5) is 0 Å². The van der Waals surface area contributed by atoms with Crippen LogP contribution >= 0.6 is 0 Å². The summed E-state index contributed by atoms with van der Waals surface area (Å²) in [4.78, 5) is 12.4. The van der Waals surface area contributed by atoms with Crippen molar-refractivity contribution in [3.05, 3.63) is 53.3 Å². The number of aromatic nitrogens is 2. The van der Waals surface area contributed by atoms with Crippen molar-refractivity contribution < 1.29 is 23.7 Å². The minimum Gasteiger partial charge on any atom is -0.377 e. The van der Waals surface area contributed by atoms with Crippen LogP contribution in [0.25, 0.3) is 0 Å². The summed E-state index contributed by atoms with van der Waals surface area (Å²) in [5, 5.41) is 7.36. The predicted molar refractivity (Wildman–Crippen MR) is 132 cm³/mol. The van der Waals surface area contributed by atoms with Crippen LogP contribution in [-0.4, -0.2) is 74.6 Å². The summed E-state index contributed by atoms with van der Waals surface area (Å²) >= 11 is 0. The largest absolute Gasteiger partial charge is 0.377 e. The number of hydrogen-bond acceptors (Lipinski definition) is 6. The molecule has 8 nitrogen and oxygen atoms in total. The van der Waals surface area contributed by atoms with Crippen LogP contribution in [-0.2, 0) is 18.9 Å². The van der Waals surface area contributed by atoms with Crippen LogP contribution in [0.1, 0.15) is 68.1 Å². The van der Waals surface area contributed by atoms with Gasteiger partial charge in [0, 0.05) is 18.3 Å². The fourth-order valence-corrected chi connectivity index (χ4v) is 3.15. The van der Waals surface area contributed by atoms with Crippen LogP contribution in [0.3, 0.4) is 0 Å². The molecule has 0 saturated carbocycles. The van der Waals surface area contributed by atoms with E-state index in [2.05, 4.69) is 37.4 Å². The van der Waals surface area contributed by atoms with E-state index in [0.29, 0.717) is 64.3 Å². The lowest BCUT2D eigenvalue weighted by atomic mass is 10.1. The molecule has 1 aromatic heterocycles. The molecule has 0 saturated heterocycles. The number of ether oxygens (including phenoxy) is 4. The molecule has 0 aliphatic carbocycles. The molecule has 0 fully saturated rings. The van der Waals surface area contributed by atoms with E-state index in [-0.39, 0.29) is 18.1 Å². The maximum Gasteiger partial charge on any atom is 0.251 e. The number of benzene rings is 1. The van der Waals surface area contributed by atoms with Crippen molar-refractivity contribution in [3.8, 4) is 0 Å². The van der Waals surface area contributed by atoms with E-state index in [4.69, 9.17) is 18.9 Å². The third-order valence-electron chi connectivity index (χ3n) is 5.30. The molecule has 0 radical (unpaired) electrons. The van der Waals surface area contributed by atoms with E-state index in [0.717, 1.165) is 5.56 Å². The molecule has 2 aromatic rings. The summed E-state index contributed by atoms with van der Waals surface area (Å²) in [5.74, 6) is 0.335. The van der Waals surface area contributed by atoms with Crippen molar-refractivity contribution in [2.24, 2.45) is 0 Å². The van der Waals surface area contributed by atoms with Crippen LogP contribution in [0.15, 0.2) is 36.7 Å². The summed E-state index contributed by atoms with van der Waals surface area (Å²) in [6, 6.07) is 7.75. The van der Waals surface area contributed by atoms with Crippen LogP contribution in [0.5, 0.6) is 0 Å². The van der Waals surface area contributed by atoms with Crippen molar-refractivity contribution >= 4 is 5.91 Å². The molecule has 190 valence electrons. The Morgan fingerprint density at radius 2 is 1.44 bits per heavy atom. The molecule has 34 heavy (non-hydrogen) atoms. The highest BCUT2D eigenvalue weighted by Gasteiger charge is 2.12. The second-order valence-corrected chi connectivity index (χ2v) is 8.72. The van der Waals surface area contributed by atoms with Gasteiger partial charge in [0.15, 0.2) is 0 Å². The summed E-state index contributed by atoms with van der Waals surface area (Å²) < 4.78 is 23.7.